The highest BCUT2D eigenvalue weighted by atomic mass is 35.5. The molecule has 2 atom stereocenters. The maximum absolute atomic E-state index is 10.7. The van der Waals surface area contributed by atoms with Crippen molar-refractivity contribution in [3.63, 3.8) is 0 Å². The van der Waals surface area contributed by atoms with Crippen LogP contribution < -0.4 is 10.1 Å². The summed E-state index contributed by atoms with van der Waals surface area (Å²) in [6.45, 7) is 0.864. The first kappa shape index (κ1) is 14.4. The molecule has 2 aromatic rings. The largest absolute Gasteiger partial charge is 0.495 e. The van der Waals surface area contributed by atoms with Crippen molar-refractivity contribution in [1.29, 1.82) is 0 Å². The Morgan fingerprint density at radius 1 is 1.29 bits per heavy atom. The number of methoxy groups -OCH3 is 1. The van der Waals surface area contributed by atoms with Crippen molar-refractivity contribution < 1.29 is 9.84 Å². The molecule has 1 heterocycles. The molecule has 0 aromatic heterocycles. The molecular formula is C17H18ClNO2. The zero-order chi connectivity index (χ0) is 14.8. The van der Waals surface area contributed by atoms with Crippen molar-refractivity contribution in [3.8, 4) is 5.75 Å². The number of aliphatic hydroxyl groups is 1. The quantitative estimate of drug-likeness (QED) is 0.914. The maximum Gasteiger partial charge on any atom is 0.137 e. The van der Waals surface area contributed by atoms with Crippen LogP contribution in [0.25, 0.3) is 0 Å². The minimum absolute atomic E-state index is 0.112. The summed E-state index contributed by atoms with van der Waals surface area (Å²) in [4.78, 5) is 0. The third kappa shape index (κ3) is 2.77. The van der Waals surface area contributed by atoms with E-state index in [1.807, 2.05) is 18.2 Å². The number of fused-ring (bicyclic) bond motifs is 1. The van der Waals surface area contributed by atoms with Crippen LogP contribution >= 0.6 is 11.6 Å². The summed E-state index contributed by atoms with van der Waals surface area (Å²) in [5, 5.41) is 14.6. The van der Waals surface area contributed by atoms with Gasteiger partial charge in [-0.1, -0.05) is 41.9 Å². The second-order valence-electron chi connectivity index (χ2n) is 5.22. The van der Waals surface area contributed by atoms with Crippen molar-refractivity contribution in [2.45, 2.75) is 18.6 Å². The maximum atomic E-state index is 10.7. The van der Waals surface area contributed by atoms with Gasteiger partial charge in [-0.25, -0.2) is 0 Å². The Labute approximate surface area is 129 Å². The predicted molar refractivity (Wildman–Crippen MR) is 83.9 cm³/mol. The average Bonchev–Trinajstić information content (AvgIpc) is 2.53. The monoisotopic (exact) mass is 303 g/mol. The van der Waals surface area contributed by atoms with Gasteiger partial charge in [0.05, 0.1) is 24.3 Å². The number of aliphatic hydroxyl groups excluding tert-OH is 1. The third-order valence-corrected chi connectivity index (χ3v) is 4.28. The number of halogens is 1. The minimum Gasteiger partial charge on any atom is -0.495 e. The molecule has 1 aliphatic rings. The van der Waals surface area contributed by atoms with Gasteiger partial charge in [0.25, 0.3) is 0 Å². The Balaban J connectivity index is 1.92. The fourth-order valence-corrected chi connectivity index (χ4v) is 3.14. The van der Waals surface area contributed by atoms with Crippen LogP contribution in [0.3, 0.4) is 0 Å². The van der Waals surface area contributed by atoms with Gasteiger partial charge >= 0.3 is 0 Å². The molecular weight excluding hydrogens is 286 g/mol. The van der Waals surface area contributed by atoms with E-state index in [-0.39, 0.29) is 6.04 Å². The fraction of sp³-hybridized carbons (Fsp3) is 0.294. The van der Waals surface area contributed by atoms with Gasteiger partial charge in [0.2, 0.25) is 0 Å². The second-order valence-corrected chi connectivity index (χ2v) is 5.63. The Morgan fingerprint density at radius 3 is 2.86 bits per heavy atom. The summed E-state index contributed by atoms with van der Waals surface area (Å²) in [7, 11) is 1.58. The molecule has 0 fully saturated rings. The van der Waals surface area contributed by atoms with Gasteiger partial charge in [-0.05, 0) is 41.8 Å². The molecule has 2 N–H and O–H groups in total. The molecule has 0 saturated carbocycles. The molecule has 0 saturated heterocycles. The zero-order valence-electron chi connectivity index (χ0n) is 11.8. The van der Waals surface area contributed by atoms with Gasteiger partial charge in [0.1, 0.15) is 5.75 Å². The van der Waals surface area contributed by atoms with Crippen molar-refractivity contribution in [2.24, 2.45) is 0 Å². The van der Waals surface area contributed by atoms with Crippen LogP contribution in [-0.2, 0) is 6.42 Å². The normalized spacial score (nSPS) is 18.9. The number of ether oxygens (including phenoxy) is 1. The minimum atomic E-state index is -0.644. The van der Waals surface area contributed by atoms with E-state index in [9.17, 15) is 5.11 Å². The molecule has 0 spiro atoms. The topological polar surface area (TPSA) is 41.5 Å². The molecule has 0 bridgehead atoms. The van der Waals surface area contributed by atoms with Gasteiger partial charge in [-0.2, -0.15) is 0 Å². The van der Waals surface area contributed by atoms with Gasteiger partial charge in [0.15, 0.2) is 0 Å². The van der Waals surface area contributed by atoms with Gasteiger partial charge in [-0.3, -0.25) is 0 Å². The van der Waals surface area contributed by atoms with E-state index in [0.29, 0.717) is 10.8 Å². The standard InChI is InChI=1S/C17H18ClNO2/c1-21-15-7-6-12(10-14(15)18)17(20)16-13-5-3-2-4-11(13)8-9-19-16/h2-7,10,16-17,19-20H,8-9H2,1H3. The molecule has 1 aliphatic heterocycles. The van der Waals surface area contributed by atoms with Crippen molar-refractivity contribution in [1.82, 2.24) is 5.32 Å². The predicted octanol–water partition coefficient (Wildman–Crippen LogP) is 3.27. The van der Waals surface area contributed by atoms with Crippen LogP contribution in [0.5, 0.6) is 5.75 Å². The third-order valence-electron chi connectivity index (χ3n) is 3.98. The van der Waals surface area contributed by atoms with E-state index in [0.717, 1.165) is 24.1 Å². The number of rotatable bonds is 3. The Hall–Kier alpha value is -1.55. The second kappa shape index (κ2) is 6.06. The zero-order valence-corrected chi connectivity index (χ0v) is 12.6. The van der Waals surface area contributed by atoms with E-state index in [2.05, 4.69) is 17.4 Å². The molecule has 4 heteroatoms. The first-order chi connectivity index (χ1) is 10.2. The van der Waals surface area contributed by atoms with E-state index in [4.69, 9.17) is 16.3 Å². The number of hydrogen-bond acceptors (Lipinski definition) is 3. The number of hydrogen-bond donors (Lipinski definition) is 2. The lowest BCUT2D eigenvalue weighted by molar-refractivity contribution is 0.125. The first-order valence-corrected chi connectivity index (χ1v) is 7.41. The molecule has 3 rings (SSSR count). The first-order valence-electron chi connectivity index (χ1n) is 7.03. The Kier molecular flexibility index (Phi) is 4.15. The van der Waals surface area contributed by atoms with Crippen molar-refractivity contribution in [3.05, 3.63) is 64.2 Å². The van der Waals surface area contributed by atoms with Crippen LogP contribution in [0.1, 0.15) is 28.8 Å². The lowest BCUT2D eigenvalue weighted by Gasteiger charge is -2.31. The van der Waals surface area contributed by atoms with Gasteiger partial charge in [0, 0.05) is 0 Å². The summed E-state index contributed by atoms with van der Waals surface area (Å²) in [6.07, 6.45) is 0.345. The van der Waals surface area contributed by atoms with E-state index in [1.54, 1.807) is 19.2 Å². The summed E-state index contributed by atoms with van der Waals surface area (Å²) in [5.74, 6) is 0.615. The average molecular weight is 304 g/mol. The lowest BCUT2D eigenvalue weighted by atomic mass is 9.88. The van der Waals surface area contributed by atoms with E-state index in [1.165, 1.54) is 5.56 Å². The Bertz CT molecular complexity index is 644. The summed E-state index contributed by atoms with van der Waals surface area (Å²) >= 11 is 6.16. The Morgan fingerprint density at radius 2 is 2.10 bits per heavy atom. The summed E-state index contributed by atoms with van der Waals surface area (Å²) in [6, 6.07) is 13.5. The molecule has 0 aliphatic carbocycles. The molecule has 3 nitrogen and oxygen atoms in total. The van der Waals surface area contributed by atoms with E-state index >= 15 is 0 Å². The summed E-state index contributed by atoms with van der Waals surface area (Å²) < 4.78 is 5.15. The number of nitrogens with one attached hydrogen (secondary N) is 1. The molecule has 2 unspecified atom stereocenters. The number of benzene rings is 2. The SMILES string of the molecule is COc1ccc(C(O)C2NCCc3ccccc32)cc1Cl. The smallest absolute Gasteiger partial charge is 0.137 e. The molecule has 0 radical (unpaired) electrons. The van der Waals surface area contributed by atoms with Gasteiger partial charge < -0.3 is 15.2 Å². The van der Waals surface area contributed by atoms with Crippen LogP contribution in [0.4, 0.5) is 0 Å². The van der Waals surface area contributed by atoms with Crippen molar-refractivity contribution in [2.75, 3.05) is 13.7 Å². The van der Waals surface area contributed by atoms with Crippen LogP contribution in [0.15, 0.2) is 42.5 Å². The van der Waals surface area contributed by atoms with Crippen molar-refractivity contribution >= 4 is 11.6 Å². The fourth-order valence-electron chi connectivity index (χ4n) is 2.88. The highest BCUT2D eigenvalue weighted by Gasteiger charge is 2.27. The van der Waals surface area contributed by atoms with Crippen LogP contribution in [-0.4, -0.2) is 18.8 Å². The molecule has 2 aromatic carbocycles. The lowest BCUT2D eigenvalue weighted by Crippen LogP contribution is -2.33. The molecule has 0 amide bonds. The molecule has 110 valence electrons. The highest BCUT2D eigenvalue weighted by Crippen LogP contribution is 2.35. The highest BCUT2D eigenvalue weighted by molar-refractivity contribution is 6.32. The van der Waals surface area contributed by atoms with Crippen LogP contribution in [0, 0.1) is 0 Å². The molecule has 21 heavy (non-hydrogen) atoms. The van der Waals surface area contributed by atoms with Crippen LogP contribution in [0.2, 0.25) is 5.02 Å². The van der Waals surface area contributed by atoms with Gasteiger partial charge in [-0.15, -0.1) is 0 Å². The van der Waals surface area contributed by atoms with E-state index < -0.39 is 6.10 Å². The summed E-state index contributed by atoms with van der Waals surface area (Å²) in [5.41, 5.74) is 3.23.